The molecule has 0 aliphatic carbocycles. The number of benzene rings is 3. The molecule has 0 N–H and O–H groups in total. The fourth-order valence-electron chi connectivity index (χ4n) is 1.80. The fraction of sp³-hybridized carbons (Fsp3) is 0. The molecule has 0 atom stereocenters. The van der Waals surface area contributed by atoms with Crippen LogP contribution in [0.15, 0.2) is 101 Å². The van der Waals surface area contributed by atoms with Crippen LogP contribution in [0.25, 0.3) is 0 Å². The summed E-state index contributed by atoms with van der Waals surface area (Å²) >= 11 is 9.35. The largest absolute Gasteiger partial charge is 3.00 e. The molecule has 0 amide bonds. The smallest absolute Gasteiger partial charge is 0.744 e. The Morgan fingerprint density at radius 1 is 0.412 bits per heavy atom. The van der Waals surface area contributed by atoms with Crippen LogP contribution >= 0.6 is 47.8 Å². The van der Waals surface area contributed by atoms with Gasteiger partial charge in [-0.15, -0.1) is 0 Å². The third-order valence-electron chi connectivity index (χ3n) is 3.31. The van der Waals surface area contributed by atoms with Crippen molar-refractivity contribution in [2.24, 2.45) is 0 Å². The van der Waals surface area contributed by atoms with Crippen molar-refractivity contribution in [1.82, 2.24) is 0 Å². The average molecular weight is 735 g/mol. The molecule has 180 valence electrons. The molecule has 3 rings (SSSR count). The third-order valence-corrected chi connectivity index (χ3v) is 7.44. The monoisotopic (exact) mass is 732 g/mol. The number of rotatable bonds is 3. The van der Waals surface area contributed by atoms with Crippen LogP contribution in [0.1, 0.15) is 0 Å². The van der Waals surface area contributed by atoms with E-state index < -0.39 is 30.4 Å². The van der Waals surface area contributed by atoms with E-state index in [0.717, 1.165) is 13.4 Å². The van der Waals surface area contributed by atoms with Crippen molar-refractivity contribution in [1.29, 1.82) is 0 Å². The second-order valence-corrected chi connectivity index (χ2v) is 12.6. The first-order valence-corrected chi connectivity index (χ1v) is 14.7. The molecule has 3 aromatic carbocycles. The molecule has 0 heterocycles. The van der Waals surface area contributed by atoms with Gasteiger partial charge in [-0.1, -0.05) is 47.8 Å². The van der Waals surface area contributed by atoms with Gasteiger partial charge in [-0.05, 0) is 72.8 Å². The zero-order chi connectivity index (χ0) is 25.4. The van der Waals surface area contributed by atoms with E-state index in [0.29, 0.717) is 0 Å². The van der Waals surface area contributed by atoms with E-state index in [1.54, 1.807) is 0 Å². The van der Waals surface area contributed by atoms with Gasteiger partial charge in [0.25, 0.3) is 0 Å². The number of halogens is 3. The third kappa shape index (κ3) is 12.9. The second-order valence-electron chi connectivity index (χ2n) is 5.72. The summed E-state index contributed by atoms with van der Waals surface area (Å²) in [4.78, 5) is -0.623. The minimum atomic E-state index is -4.29. The average Bonchev–Trinajstić information content (AvgIpc) is 2.68. The van der Waals surface area contributed by atoms with E-state index in [1.807, 2.05) is 0 Å². The first-order chi connectivity index (χ1) is 15.0. The van der Waals surface area contributed by atoms with Crippen molar-refractivity contribution < 1.29 is 38.9 Å². The minimum absolute atomic E-state index is 0. The summed E-state index contributed by atoms with van der Waals surface area (Å²) in [5.41, 5.74) is 0. The molecular formula is C18H12AlBr3O9S3. The van der Waals surface area contributed by atoms with Gasteiger partial charge in [-0.2, -0.15) is 0 Å². The Morgan fingerprint density at radius 3 is 0.676 bits per heavy atom. The molecule has 0 unspecified atom stereocenters. The van der Waals surface area contributed by atoms with Crippen molar-refractivity contribution in [2.75, 3.05) is 0 Å². The molecule has 0 spiro atoms. The topological polar surface area (TPSA) is 172 Å². The van der Waals surface area contributed by atoms with Crippen LogP contribution in [0.4, 0.5) is 0 Å². The zero-order valence-corrected chi connectivity index (χ0v) is 24.9. The van der Waals surface area contributed by atoms with E-state index in [4.69, 9.17) is 0 Å². The molecular weight excluding hydrogens is 723 g/mol. The van der Waals surface area contributed by atoms with Crippen LogP contribution in [0.2, 0.25) is 0 Å². The summed E-state index contributed by atoms with van der Waals surface area (Å²) in [6.07, 6.45) is 0. The minimum Gasteiger partial charge on any atom is -0.744 e. The van der Waals surface area contributed by atoms with Gasteiger partial charge in [0.2, 0.25) is 0 Å². The number of hydrogen-bond acceptors (Lipinski definition) is 9. The van der Waals surface area contributed by atoms with Gasteiger partial charge in [0.1, 0.15) is 30.4 Å². The van der Waals surface area contributed by atoms with E-state index in [-0.39, 0.29) is 32.0 Å². The Morgan fingerprint density at radius 2 is 0.559 bits per heavy atom. The second kappa shape index (κ2) is 14.2. The molecule has 0 aliphatic rings. The van der Waals surface area contributed by atoms with Crippen LogP contribution in [-0.2, 0) is 30.4 Å². The quantitative estimate of drug-likeness (QED) is 0.288. The summed E-state index contributed by atoms with van der Waals surface area (Å²) in [5, 5.41) is 0. The Balaban J connectivity index is 0.000000473. The van der Waals surface area contributed by atoms with Crippen molar-refractivity contribution in [3.63, 3.8) is 0 Å². The molecule has 0 radical (unpaired) electrons. The SMILES string of the molecule is O=S(=O)([O-])c1ccc(Br)cc1.O=S(=O)([O-])c1ccc(Br)cc1.O=S(=O)([O-])c1ccc(Br)cc1.[Al+3]. The summed E-state index contributed by atoms with van der Waals surface area (Å²) < 4.78 is 95.6. The van der Waals surface area contributed by atoms with E-state index >= 15 is 0 Å². The van der Waals surface area contributed by atoms with E-state index in [2.05, 4.69) is 47.8 Å². The van der Waals surface area contributed by atoms with E-state index in [9.17, 15) is 38.9 Å². The number of hydrogen-bond donors (Lipinski definition) is 0. The Kier molecular flexibility index (Phi) is 13.9. The maximum Gasteiger partial charge on any atom is 3.00 e. The molecule has 0 aromatic heterocycles. The van der Waals surface area contributed by atoms with Crippen molar-refractivity contribution >= 4 is 95.5 Å². The molecule has 0 fully saturated rings. The van der Waals surface area contributed by atoms with Crippen molar-refractivity contribution in [3.05, 3.63) is 86.2 Å². The summed E-state index contributed by atoms with van der Waals surface area (Å²) in [6.45, 7) is 0. The molecule has 9 nitrogen and oxygen atoms in total. The molecule has 0 saturated carbocycles. The molecule has 3 aromatic rings. The van der Waals surface area contributed by atoms with Crippen molar-refractivity contribution in [3.8, 4) is 0 Å². The zero-order valence-electron chi connectivity index (χ0n) is 16.5. The molecule has 0 bridgehead atoms. The molecule has 34 heavy (non-hydrogen) atoms. The summed E-state index contributed by atoms with van der Waals surface area (Å²) in [5.74, 6) is 0. The fourth-order valence-corrected chi connectivity index (χ4v) is 4.01. The van der Waals surface area contributed by atoms with Gasteiger partial charge in [0.05, 0.1) is 14.7 Å². The van der Waals surface area contributed by atoms with Gasteiger partial charge in [-0.3, -0.25) is 0 Å². The predicted molar refractivity (Wildman–Crippen MR) is 132 cm³/mol. The van der Waals surface area contributed by atoms with Crippen LogP contribution < -0.4 is 0 Å². The Labute approximate surface area is 233 Å². The normalized spacial score (nSPS) is 11.1. The first-order valence-electron chi connectivity index (χ1n) is 8.14. The molecule has 0 saturated heterocycles. The Hall–Kier alpha value is -0.638. The van der Waals surface area contributed by atoms with Crippen LogP contribution in [0.5, 0.6) is 0 Å². The maximum absolute atomic E-state index is 10.4. The first kappa shape index (κ1) is 33.4. The Bertz CT molecular complexity index is 1200. The van der Waals surface area contributed by atoms with Gasteiger partial charge in [0, 0.05) is 13.4 Å². The predicted octanol–water partition coefficient (Wildman–Crippen LogP) is 3.68. The molecule has 0 aliphatic heterocycles. The van der Waals surface area contributed by atoms with Gasteiger partial charge >= 0.3 is 17.4 Å². The van der Waals surface area contributed by atoms with Crippen LogP contribution in [0.3, 0.4) is 0 Å². The van der Waals surface area contributed by atoms with Gasteiger partial charge in [0.15, 0.2) is 0 Å². The van der Waals surface area contributed by atoms with E-state index in [1.165, 1.54) is 72.8 Å². The van der Waals surface area contributed by atoms with Crippen LogP contribution in [0, 0.1) is 0 Å². The van der Waals surface area contributed by atoms with Gasteiger partial charge < -0.3 is 13.7 Å². The summed E-state index contributed by atoms with van der Waals surface area (Å²) in [6, 6.07) is 16.6. The van der Waals surface area contributed by atoms with Gasteiger partial charge in [-0.25, -0.2) is 25.3 Å². The van der Waals surface area contributed by atoms with Crippen LogP contribution in [-0.4, -0.2) is 56.3 Å². The van der Waals surface area contributed by atoms with Crippen molar-refractivity contribution in [2.45, 2.75) is 14.7 Å². The summed E-state index contributed by atoms with van der Waals surface area (Å²) in [7, 11) is -12.9. The standard InChI is InChI=1S/3C6H5BrO3S.Al/c3*7-5-1-3-6(4-2-5)11(8,9)10;/h3*1-4H,(H,8,9,10);/q;;;+3/p-3. The molecule has 16 heteroatoms. The maximum atomic E-state index is 10.4.